The van der Waals surface area contributed by atoms with Crippen molar-refractivity contribution in [2.75, 3.05) is 46.4 Å². The minimum atomic E-state index is -4.11. The second kappa shape index (κ2) is 15.4. The van der Waals surface area contributed by atoms with Gasteiger partial charge in [0.25, 0.3) is 10.0 Å². The lowest BCUT2D eigenvalue weighted by atomic mass is 9.94. The van der Waals surface area contributed by atoms with E-state index in [0.717, 1.165) is 66.3 Å². The SMILES string of the molecule is Cc1ccc(S(=O)(=O)n2c(-c3ccc(CN4CCN(C)CC4)cc3)cc3c(-c4cccc(Cc5ccc(C6CC6)cc5OCCN)c4)c(C#N)cnc32)cc1. The van der Waals surface area contributed by atoms with Gasteiger partial charge in [-0.2, -0.15) is 5.26 Å². The van der Waals surface area contributed by atoms with Gasteiger partial charge in [-0.1, -0.05) is 78.4 Å². The van der Waals surface area contributed by atoms with Gasteiger partial charge >= 0.3 is 0 Å². The summed E-state index contributed by atoms with van der Waals surface area (Å²) in [5.74, 6) is 1.45. The molecule has 3 heterocycles. The van der Waals surface area contributed by atoms with Crippen LogP contribution in [-0.4, -0.2) is 73.6 Å². The highest BCUT2D eigenvalue weighted by molar-refractivity contribution is 7.90. The van der Waals surface area contributed by atoms with Crippen molar-refractivity contribution < 1.29 is 13.2 Å². The fraction of sp³-hybridized carbons (Fsp3) is 0.289. The molecule has 280 valence electrons. The van der Waals surface area contributed by atoms with Crippen LogP contribution in [-0.2, 0) is 23.0 Å². The van der Waals surface area contributed by atoms with Crippen molar-refractivity contribution in [3.63, 3.8) is 0 Å². The van der Waals surface area contributed by atoms with Crippen molar-refractivity contribution in [1.29, 1.82) is 5.26 Å². The molecule has 1 aliphatic heterocycles. The molecule has 0 atom stereocenters. The molecule has 55 heavy (non-hydrogen) atoms. The number of piperazine rings is 1. The number of nitrogens with zero attached hydrogens (tertiary/aromatic N) is 5. The molecule has 0 radical (unpaired) electrons. The lowest BCUT2D eigenvalue weighted by Crippen LogP contribution is -2.43. The largest absolute Gasteiger partial charge is 0.492 e. The Hall–Kier alpha value is -5.31. The molecular weight excluding hydrogens is 705 g/mol. The summed E-state index contributed by atoms with van der Waals surface area (Å²) in [5, 5.41) is 11.0. The van der Waals surface area contributed by atoms with Crippen LogP contribution in [0.1, 0.15) is 52.1 Å². The van der Waals surface area contributed by atoms with Crippen molar-refractivity contribution >= 4 is 21.1 Å². The molecule has 0 amide bonds. The number of aromatic nitrogens is 2. The second-order valence-corrected chi connectivity index (χ2v) is 16.7. The Labute approximate surface area is 323 Å². The highest BCUT2D eigenvalue weighted by Gasteiger charge is 2.28. The molecule has 2 N–H and O–H groups in total. The fourth-order valence-electron chi connectivity index (χ4n) is 7.57. The molecule has 10 heteroatoms. The number of fused-ring (bicyclic) bond motifs is 1. The van der Waals surface area contributed by atoms with Crippen LogP contribution in [0.15, 0.2) is 108 Å². The molecule has 0 unspecified atom stereocenters. The number of nitrogens with two attached hydrogens (primary N) is 1. The first kappa shape index (κ1) is 36.7. The first-order valence-corrected chi connectivity index (χ1v) is 20.5. The first-order valence-electron chi connectivity index (χ1n) is 19.0. The van der Waals surface area contributed by atoms with Crippen LogP contribution >= 0.6 is 0 Å². The van der Waals surface area contributed by atoms with E-state index in [4.69, 9.17) is 10.5 Å². The molecule has 0 spiro atoms. The number of benzene rings is 4. The average molecular weight is 751 g/mol. The molecule has 1 aliphatic carbocycles. The number of nitriles is 1. The van der Waals surface area contributed by atoms with Crippen LogP contribution < -0.4 is 10.5 Å². The van der Waals surface area contributed by atoms with Crippen molar-refractivity contribution in [3.8, 4) is 34.2 Å². The predicted molar refractivity (Wildman–Crippen MR) is 218 cm³/mol. The maximum atomic E-state index is 14.6. The molecule has 0 bridgehead atoms. The minimum Gasteiger partial charge on any atom is -0.492 e. The number of hydrogen-bond acceptors (Lipinski definition) is 8. The lowest BCUT2D eigenvalue weighted by molar-refractivity contribution is 0.148. The van der Waals surface area contributed by atoms with Gasteiger partial charge in [-0.25, -0.2) is 17.4 Å². The summed E-state index contributed by atoms with van der Waals surface area (Å²) in [7, 11) is -1.96. The highest BCUT2D eigenvalue weighted by atomic mass is 32.2. The van der Waals surface area contributed by atoms with E-state index in [1.54, 1.807) is 24.3 Å². The third-order valence-electron chi connectivity index (χ3n) is 10.8. The summed E-state index contributed by atoms with van der Waals surface area (Å²) in [5.41, 5.74) is 14.6. The van der Waals surface area contributed by atoms with Gasteiger partial charge in [0, 0.05) is 62.8 Å². The van der Waals surface area contributed by atoms with Crippen LogP contribution in [0, 0.1) is 18.3 Å². The maximum Gasteiger partial charge on any atom is 0.269 e. The van der Waals surface area contributed by atoms with Crippen LogP contribution in [0.5, 0.6) is 5.75 Å². The molecule has 8 rings (SSSR count). The Balaban J connectivity index is 1.22. The smallest absolute Gasteiger partial charge is 0.269 e. The molecule has 6 aromatic rings. The Morgan fingerprint density at radius 2 is 1.65 bits per heavy atom. The standard InChI is InChI=1S/C45H46N6O3S/c1-31-6-16-40(17-7-31)55(52,53)51-42(35-10-8-32(9-11-35)30-50-21-19-49(2)20-22-50)27-41-44(39(28-47)29-48-45(41)51)38-5-3-4-33(25-38)24-37-15-14-36(34-12-13-34)26-43(37)54-23-18-46/h3-11,14-17,25-27,29,34H,12-13,18-24,30,46H2,1-2H3. The zero-order chi connectivity index (χ0) is 38.1. The Morgan fingerprint density at radius 3 is 2.36 bits per heavy atom. The number of pyridine rings is 1. The Bertz CT molecular complexity index is 2490. The summed E-state index contributed by atoms with van der Waals surface area (Å²) >= 11 is 0. The van der Waals surface area contributed by atoms with Gasteiger partial charge in [0.05, 0.1) is 16.2 Å². The monoisotopic (exact) mass is 750 g/mol. The van der Waals surface area contributed by atoms with Crippen molar-refractivity contribution in [2.24, 2.45) is 5.73 Å². The molecule has 1 saturated heterocycles. The molecule has 2 aliphatic rings. The van der Waals surface area contributed by atoms with E-state index < -0.39 is 10.0 Å². The topological polar surface area (TPSA) is 117 Å². The summed E-state index contributed by atoms with van der Waals surface area (Å²) in [6.07, 6.45) is 4.52. The van der Waals surface area contributed by atoms with E-state index in [1.165, 1.54) is 34.1 Å². The summed E-state index contributed by atoms with van der Waals surface area (Å²) in [4.78, 5) is 9.62. The van der Waals surface area contributed by atoms with E-state index in [2.05, 4.69) is 70.4 Å². The number of likely N-dealkylation sites (N-methyl/N-ethyl adjacent to an activating group) is 1. The van der Waals surface area contributed by atoms with E-state index in [0.29, 0.717) is 47.7 Å². The number of aryl methyl sites for hydroxylation is 1. The van der Waals surface area contributed by atoms with Crippen molar-refractivity contribution in [3.05, 3.63) is 137 Å². The van der Waals surface area contributed by atoms with Crippen LogP contribution in [0.3, 0.4) is 0 Å². The molecule has 2 aromatic heterocycles. The minimum absolute atomic E-state index is 0.165. The Morgan fingerprint density at radius 1 is 0.891 bits per heavy atom. The quantitative estimate of drug-likeness (QED) is 0.138. The van der Waals surface area contributed by atoms with Crippen LogP contribution in [0.2, 0.25) is 0 Å². The average Bonchev–Trinajstić information content (AvgIpc) is 3.98. The maximum absolute atomic E-state index is 14.6. The zero-order valence-electron chi connectivity index (χ0n) is 31.4. The molecular formula is C45H46N6O3S. The number of hydrogen-bond donors (Lipinski definition) is 1. The van der Waals surface area contributed by atoms with E-state index >= 15 is 0 Å². The number of ether oxygens (including phenoxy) is 1. The predicted octanol–water partition coefficient (Wildman–Crippen LogP) is 7.34. The zero-order valence-corrected chi connectivity index (χ0v) is 32.2. The number of rotatable bonds is 12. The third kappa shape index (κ3) is 7.66. The summed E-state index contributed by atoms with van der Waals surface area (Å²) in [6, 6.07) is 33.8. The fourth-order valence-corrected chi connectivity index (χ4v) is 9.05. The van der Waals surface area contributed by atoms with Crippen molar-refractivity contribution in [2.45, 2.75) is 43.5 Å². The summed E-state index contributed by atoms with van der Waals surface area (Å²) < 4.78 is 36.7. The van der Waals surface area contributed by atoms with Gasteiger partial charge in [-0.3, -0.25) is 4.90 Å². The molecule has 9 nitrogen and oxygen atoms in total. The molecule has 4 aromatic carbocycles. The van der Waals surface area contributed by atoms with Crippen molar-refractivity contribution in [1.82, 2.24) is 18.8 Å². The van der Waals surface area contributed by atoms with Crippen LogP contribution in [0.4, 0.5) is 0 Å². The Kier molecular flexibility index (Phi) is 10.3. The lowest BCUT2D eigenvalue weighted by Gasteiger charge is -2.32. The highest BCUT2D eigenvalue weighted by Crippen LogP contribution is 2.42. The van der Waals surface area contributed by atoms with Gasteiger partial charge in [-0.15, -0.1) is 0 Å². The summed E-state index contributed by atoms with van der Waals surface area (Å²) in [6.45, 7) is 7.72. The molecule has 1 saturated carbocycles. The van der Waals surface area contributed by atoms with Gasteiger partial charge in [-0.05, 0) is 90.4 Å². The van der Waals surface area contributed by atoms with Crippen LogP contribution in [0.25, 0.3) is 33.4 Å². The third-order valence-corrected chi connectivity index (χ3v) is 12.6. The van der Waals surface area contributed by atoms with E-state index in [-0.39, 0.29) is 10.5 Å². The van der Waals surface area contributed by atoms with Gasteiger partial charge < -0.3 is 15.4 Å². The second-order valence-electron chi connectivity index (χ2n) is 14.9. The molecule has 2 fully saturated rings. The first-order chi connectivity index (χ1) is 26.7. The van der Waals surface area contributed by atoms with E-state index in [9.17, 15) is 13.7 Å². The normalized spacial score (nSPS) is 15.3. The van der Waals surface area contributed by atoms with Gasteiger partial charge in [0.1, 0.15) is 18.4 Å². The van der Waals surface area contributed by atoms with Gasteiger partial charge in [0.15, 0.2) is 5.65 Å². The van der Waals surface area contributed by atoms with Gasteiger partial charge in [0.2, 0.25) is 0 Å². The van der Waals surface area contributed by atoms with E-state index in [1.807, 2.05) is 37.3 Å².